The summed E-state index contributed by atoms with van der Waals surface area (Å²) in [6.07, 6.45) is 2.51. The molecule has 2 aromatic heterocycles. The minimum absolute atomic E-state index is 0.0322. The number of fused-ring (bicyclic) bond motifs is 1. The Labute approximate surface area is 129 Å². The molecule has 0 fully saturated rings. The maximum absolute atomic E-state index is 12.8. The Bertz CT molecular complexity index is 779. The molecule has 0 unspecified atom stereocenters. The van der Waals surface area contributed by atoms with Gasteiger partial charge in [0.2, 0.25) is 0 Å². The molecule has 3 aromatic rings. The zero-order valence-electron chi connectivity index (χ0n) is 11.7. The molecule has 0 aliphatic carbocycles. The number of hydrogen-bond donors (Lipinski definition) is 0. The summed E-state index contributed by atoms with van der Waals surface area (Å²) in [4.78, 5) is 18.3. The number of rotatable bonds is 4. The van der Waals surface area contributed by atoms with Gasteiger partial charge >= 0.3 is 6.55 Å². The number of imidazole rings is 1. The minimum atomic E-state index is -2.66. The summed E-state index contributed by atoms with van der Waals surface area (Å²) in [6.45, 7) is -2.63. The van der Waals surface area contributed by atoms with Crippen molar-refractivity contribution in [2.24, 2.45) is 0 Å². The zero-order chi connectivity index (χ0) is 15.7. The van der Waals surface area contributed by atoms with Gasteiger partial charge in [-0.15, -0.1) is 11.3 Å². The maximum atomic E-state index is 12.8. The maximum Gasteiger partial charge on any atom is 0.319 e. The van der Waals surface area contributed by atoms with Gasteiger partial charge in [0.25, 0.3) is 5.91 Å². The van der Waals surface area contributed by atoms with Crippen LogP contribution in [0.2, 0.25) is 0 Å². The average molecular weight is 321 g/mol. The van der Waals surface area contributed by atoms with Gasteiger partial charge in [-0.1, -0.05) is 18.2 Å². The van der Waals surface area contributed by atoms with Crippen LogP contribution in [-0.2, 0) is 6.54 Å². The third-order valence-corrected chi connectivity index (χ3v) is 4.42. The first-order valence-corrected chi connectivity index (χ1v) is 7.42. The van der Waals surface area contributed by atoms with Crippen LogP contribution in [0.1, 0.15) is 22.0 Å². The van der Waals surface area contributed by atoms with E-state index < -0.39 is 6.55 Å². The largest absolute Gasteiger partial charge is 0.334 e. The van der Waals surface area contributed by atoms with Gasteiger partial charge in [0.05, 0.1) is 11.4 Å². The fraction of sp³-hybridized carbons (Fsp3) is 0.200. The molecule has 0 bridgehead atoms. The number of alkyl halides is 2. The molecule has 0 radical (unpaired) electrons. The SMILES string of the molecule is CN(Cc1nccn1C(F)F)C(=O)c1cc2ccccc2s1. The first-order chi connectivity index (χ1) is 10.6. The molecule has 0 saturated carbocycles. The van der Waals surface area contributed by atoms with Crippen molar-refractivity contribution in [3.05, 3.63) is 53.4 Å². The van der Waals surface area contributed by atoms with Gasteiger partial charge in [-0.05, 0) is 17.5 Å². The van der Waals surface area contributed by atoms with Crippen LogP contribution >= 0.6 is 11.3 Å². The smallest absolute Gasteiger partial charge is 0.319 e. The monoisotopic (exact) mass is 321 g/mol. The Morgan fingerprint density at radius 1 is 1.41 bits per heavy atom. The lowest BCUT2D eigenvalue weighted by Crippen LogP contribution is -2.27. The minimum Gasteiger partial charge on any atom is -0.334 e. The number of hydrogen-bond acceptors (Lipinski definition) is 3. The Kier molecular flexibility index (Phi) is 3.89. The van der Waals surface area contributed by atoms with Crippen LogP contribution in [0.5, 0.6) is 0 Å². The van der Waals surface area contributed by atoms with Crippen molar-refractivity contribution >= 4 is 27.3 Å². The van der Waals surface area contributed by atoms with E-state index in [1.807, 2.05) is 30.3 Å². The number of benzene rings is 1. The normalized spacial score (nSPS) is 11.3. The fourth-order valence-electron chi connectivity index (χ4n) is 2.20. The lowest BCUT2D eigenvalue weighted by molar-refractivity contribution is 0.0613. The summed E-state index contributed by atoms with van der Waals surface area (Å²) in [5.74, 6) is -0.0445. The van der Waals surface area contributed by atoms with E-state index in [1.165, 1.54) is 28.6 Å². The topological polar surface area (TPSA) is 38.1 Å². The standard InChI is InChI=1S/C15H13F2N3OS/c1-19(9-13-18-6-7-20(13)15(16)17)14(21)12-8-10-4-2-3-5-11(10)22-12/h2-8,15H,9H2,1H3. The molecule has 2 heterocycles. The second-order valence-electron chi connectivity index (χ2n) is 4.84. The molecular weight excluding hydrogens is 308 g/mol. The van der Waals surface area contributed by atoms with E-state index in [0.717, 1.165) is 14.7 Å². The first kappa shape index (κ1) is 14.6. The quantitative estimate of drug-likeness (QED) is 0.734. The Morgan fingerprint density at radius 2 is 2.18 bits per heavy atom. The van der Waals surface area contributed by atoms with Crippen molar-refractivity contribution in [3.63, 3.8) is 0 Å². The number of carbonyl (C=O) groups is 1. The van der Waals surface area contributed by atoms with Crippen LogP contribution in [-0.4, -0.2) is 27.4 Å². The van der Waals surface area contributed by atoms with Gasteiger partial charge in [-0.2, -0.15) is 8.78 Å². The molecule has 7 heteroatoms. The molecule has 0 N–H and O–H groups in total. The molecule has 1 amide bonds. The number of thiophene rings is 1. The van der Waals surface area contributed by atoms with E-state index in [4.69, 9.17) is 0 Å². The summed E-state index contributed by atoms with van der Waals surface area (Å²) in [6, 6.07) is 9.52. The number of carbonyl (C=O) groups excluding carboxylic acids is 1. The average Bonchev–Trinajstić information content (AvgIpc) is 3.12. The molecule has 0 atom stereocenters. The van der Waals surface area contributed by atoms with Gasteiger partial charge in [0.15, 0.2) is 0 Å². The predicted octanol–water partition coefficient (Wildman–Crippen LogP) is 3.77. The van der Waals surface area contributed by atoms with Crippen LogP contribution in [0.4, 0.5) is 8.78 Å². The number of aromatic nitrogens is 2. The highest BCUT2D eigenvalue weighted by atomic mass is 32.1. The van der Waals surface area contributed by atoms with Gasteiger partial charge < -0.3 is 4.90 Å². The zero-order valence-corrected chi connectivity index (χ0v) is 12.6. The van der Waals surface area contributed by atoms with Crippen LogP contribution < -0.4 is 0 Å². The van der Waals surface area contributed by atoms with E-state index >= 15 is 0 Å². The third-order valence-electron chi connectivity index (χ3n) is 3.32. The third kappa shape index (κ3) is 2.71. The van der Waals surface area contributed by atoms with Crippen molar-refractivity contribution in [2.45, 2.75) is 13.1 Å². The molecule has 1 aromatic carbocycles. The van der Waals surface area contributed by atoms with Crippen molar-refractivity contribution in [1.82, 2.24) is 14.5 Å². The lowest BCUT2D eigenvalue weighted by atomic mass is 10.2. The van der Waals surface area contributed by atoms with Gasteiger partial charge in [0.1, 0.15) is 5.82 Å². The highest BCUT2D eigenvalue weighted by Crippen LogP contribution is 2.26. The number of halogens is 2. The van der Waals surface area contributed by atoms with Crippen LogP contribution in [0, 0.1) is 0 Å². The van der Waals surface area contributed by atoms with Gasteiger partial charge in [-0.3, -0.25) is 9.36 Å². The molecule has 4 nitrogen and oxygen atoms in total. The van der Waals surface area contributed by atoms with Crippen LogP contribution in [0.3, 0.4) is 0 Å². The summed E-state index contributed by atoms with van der Waals surface area (Å²) in [7, 11) is 1.58. The number of nitrogens with zero attached hydrogens (tertiary/aromatic N) is 3. The first-order valence-electron chi connectivity index (χ1n) is 6.60. The van der Waals surface area contributed by atoms with Crippen LogP contribution in [0.15, 0.2) is 42.7 Å². The molecule has 114 valence electrons. The van der Waals surface area contributed by atoms with E-state index in [0.29, 0.717) is 4.88 Å². The Morgan fingerprint density at radius 3 is 2.91 bits per heavy atom. The molecule has 22 heavy (non-hydrogen) atoms. The van der Waals surface area contributed by atoms with E-state index in [-0.39, 0.29) is 18.3 Å². The molecule has 0 saturated heterocycles. The van der Waals surface area contributed by atoms with E-state index in [1.54, 1.807) is 7.05 Å². The Balaban J connectivity index is 1.80. The molecular formula is C15H13F2N3OS. The molecule has 3 rings (SSSR count). The summed E-state index contributed by atoms with van der Waals surface area (Å²) in [5.41, 5.74) is 0. The summed E-state index contributed by atoms with van der Waals surface area (Å²) >= 11 is 1.39. The van der Waals surface area contributed by atoms with E-state index in [2.05, 4.69) is 4.98 Å². The molecule has 0 aliphatic rings. The highest BCUT2D eigenvalue weighted by molar-refractivity contribution is 7.20. The Hall–Kier alpha value is -2.28. The second-order valence-corrected chi connectivity index (χ2v) is 5.92. The van der Waals surface area contributed by atoms with E-state index in [9.17, 15) is 13.6 Å². The van der Waals surface area contributed by atoms with Crippen molar-refractivity contribution in [3.8, 4) is 0 Å². The van der Waals surface area contributed by atoms with Crippen molar-refractivity contribution in [1.29, 1.82) is 0 Å². The highest BCUT2D eigenvalue weighted by Gasteiger charge is 2.18. The predicted molar refractivity (Wildman–Crippen MR) is 81.1 cm³/mol. The van der Waals surface area contributed by atoms with Crippen LogP contribution in [0.25, 0.3) is 10.1 Å². The van der Waals surface area contributed by atoms with Crippen molar-refractivity contribution < 1.29 is 13.6 Å². The molecule has 0 aliphatic heterocycles. The van der Waals surface area contributed by atoms with Gasteiger partial charge in [0, 0.05) is 24.1 Å². The van der Waals surface area contributed by atoms with Crippen molar-refractivity contribution in [2.75, 3.05) is 7.05 Å². The second kappa shape index (κ2) is 5.84. The lowest BCUT2D eigenvalue weighted by Gasteiger charge is -2.16. The summed E-state index contributed by atoms with van der Waals surface area (Å²) < 4.78 is 27.4. The number of amides is 1. The van der Waals surface area contributed by atoms with Gasteiger partial charge in [-0.25, -0.2) is 4.98 Å². The molecule has 0 spiro atoms. The summed E-state index contributed by atoms with van der Waals surface area (Å²) in [5, 5.41) is 0.998. The fourth-order valence-corrected chi connectivity index (χ4v) is 3.26.